The topological polar surface area (TPSA) is 49.7 Å². The Morgan fingerprint density at radius 3 is 2.92 bits per heavy atom. The van der Waals surface area contributed by atoms with Crippen molar-refractivity contribution in [3.05, 3.63) is 29.3 Å². The fourth-order valence-electron chi connectivity index (χ4n) is 5.94. The second-order valence-electron chi connectivity index (χ2n) is 8.12. The van der Waals surface area contributed by atoms with Gasteiger partial charge < -0.3 is 14.9 Å². The first-order valence-electron chi connectivity index (χ1n) is 9.21. The summed E-state index contributed by atoms with van der Waals surface area (Å²) in [6.45, 7) is 4.93. The van der Waals surface area contributed by atoms with Crippen molar-refractivity contribution < 1.29 is 14.9 Å². The van der Waals surface area contributed by atoms with Crippen molar-refractivity contribution >= 4 is 11.6 Å². The van der Waals surface area contributed by atoms with E-state index in [1.165, 1.54) is 11.1 Å². The van der Waals surface area contributed by atoms with Crippen molar-refractivity contribution in [2.45, 2.75) is 63.0 Å². The van der Waals surface area contributed by atoms with E-state index in [1.54, 1.807) is 6.07 Å². The number of hydrogen-bond acceptors (Lipinski definition) is 3. The number of aromatic hydroxyl groups is 1. The van der Waals surface area contributed by atoms with Gasteiger partial charge in [0.25, 0.3) is 0 Å². The minimum Gasteiger partial charge on any atom is -0.508 e. The fourth-order valence-corrected chi connectivity index (χ4v) is 6.42. The van der Waals surface area contributed by atoms with E-state index in [9.17, 15) is 10.2 Å². The van der Waals surface area contributed by atoms with Crippen LogP contribution in [0.2, 0.25) is 0 Å². The molecule has 0 bridgehead atoms. The van der Waals surface area contributed by atoms with Crippen LogP contribution in [0.3, 0.4) is 0 Å². The summed E-state index contributed by atoms with van der Waals surface area (Å²) in [5.74, 6) is 1.63. The zero-order valence-electron chi connectivity index (χ0n) is 14.4. The molecule has 0 heterocycles. The Morgan fingerprint density at radius 1 is 1.38 bits per heavy atom. The standard InChI is InChI=1S/C20H27ClO3/c1-3-24-17-10-20(2)15(9-16(21)19(20)23)14-6-4-11-8-12(22)5-7-13(11)18(14)17/h5,7-8,14-19,22-23H,3-4,6,9-10H2,1-2H3/t14-,15-,16+,17-,18+,19+,20-/m0/s1. The van der Waals surface area contributed by atoms with Gasteiger partial charge in [-0.05, 0) is 67.7 Å². The maximum atomic E-state index is 10.7. The minimum absolute atomic E-state index is 0.112. The Hall–Kier alpha value is -0.770. The molecule has 2 fully saturated rings. The van der Waals surface area contributed by atoms with E-state index in [4.69, 9.17) is 16.3 Å². The van der Waals surface area contributed by atoms with Gasteiger partial charge in [0.15, 0.2) is 0 Å². The number of phenols is 1. The van der Waals surface area contributed by atoms with Crippen molar-refractivity contribution in [1.29, 1.82) is 0 Å². The third kappa shape index (κ3) is 2.32. The molecule has 0 aromatic heterocycles. The molecule has 0 amide bonds. The first-order chi connectivity index (χ1) is 11.5. The Morgan fingerprint density at radius 2 is 2.17 bits per heavy atom. The van der Waals surface area contributed by atoms with Crippen LogP contribution in [0.4, 0.5) is 0 Å². The molecule has 3 nitrogen and oxygen atoms in total. The smallest absolute Gasteiger partial charge is 0.115 e. The van der Waals surface area contributed by atoms with Crippen LogP contribution in [0.25, 0.3) is 0 Å². The number of aliphatic hydroxyl groups is 1. The third-order valence-electron chi connectivity index (χ3n) is 6.98. The summed E-state index contributed by atoms with van der Waals surface area (Å²) < 4.78 is 6.18. The molecule has 0 unspecified atom stereocenters. The number of benzene rings is 1. The number of fused-ring (bicyclic) bond motifs is 5. The molecule has 7 atom stereocenters. The van der Waals surface area contributed by atoms with Crippen LogP contribution < -0.4 is 0 Å². The second-order valence-corrected chi connectivity index (χ2v) is 8.68. The van der Waals surface area contributed by atoms with Crippen LogP contribution >= 0.6 is 11.6 Å². The maximum Gasteiger partial charge on any atom is 0.115 e. The molecule has 3 aliphatic rings. The normalized spacial score (nSPS) is 43.8. The molecule has 0 radical (unpaired) electrons. The Kier molecular flexibility index (Phi) is 4.10. The van der Waals surface area contributed by atoms with Gasteiger partial charge in [-0.3, -0.25) is 0 Å². The monoisotopic (exact) mass is 350 g/mol. The number of alkyl halides is 1. The van der Waals surface area contributed by atoms with Crippen molar-refractivity contribution in [3.63, 3.8) is 0 Å². The number of aliphatic hydroxyl groups excluding tert-OH is 1. The van der Waals surface area contributed by atoms with Gasteiger partial charge in [0.2, 0.25) is 0 Å². The summed E-state index contributed by atoms with van der Waals surface area (Å²) >= 11 is 6.48. The van der Waals surface area contributed by atoms with E-state index < -0.39 is 6.10 Å². The third-order valence-corrected chi connectivity index (χ3v) is 7.39. The Labute approximate surface area is 149 Å². The highest BCUT2D eigenvalue weighted by Gasteiger charge is 2.60. The van der Waals surface area contributed by atoms with Crippen LogP contribution in [0.5, 0.6) is 5.75 Å². The molecule has 1 aromatic rings. The first-order valence-corrected chi connectivity index (χ1v) is 9.65. The molecular formula is C20H27ClO3. The van der Waals surface area contributed by atoms with Crippen LogP contribution in [-0.4, -0.2) is 34.4 Å². The van der Waals surface area contributed by atoms with Gasteiger partial charge in [0.1, 0.15) is 5.75 Å². The summed E-state index contributed by atoms with van der Waals surface area (Å²) in [5, 5.41) is 20.4. The molecule has 24 heavy (non-hydrogen) atoms. The van der Waals surface area contributed by atoms with E-state index in [1.807, 2.05) is 13.0 Å². The van der Waals surface area contributed by atoms with Crippen LogP contribution in [0, 0.1) is 17.3 Å². The van der Waals surface area contributed by atoms with Gasteiger partial charge in [-0.2, -0.15) is 0 Å². The lowest BCUT2D eigenvalue weighted by atomic mass is 9.54. The predicted octanol–water partition coefficient (Wildman–Crippen LogP) is 3.84. The van der Waals surface area contributed by atoms with Gasteiger partial charge in [-0.1, -0.05) is 13.0 Å². The lowest BCUT2D eigenvalue weighted by Crippen LogP contribution is -2.51. The SMILES string of the molecule is CCO[C@H]1C[C@]2(C)[C@H](O)[C@H](Cl)C[C@H]2[C@@H]2CCc3cc(O)ccc3[C@H]21. The average Bonchev–Trinajstić information content (AvgIpc) is 2.78. The van der Waals surface area contributed by atoms with Gasteiger partial charge in [0.05, 0.1) is 17.6 Å². The number of aryl methyl sites for hydroxylation is 1. The highest BCUT2D eigenvalue weighted by Crippen LogP contribution is 2.62. The van der Waals surface area contributed by atoms with Crippen molar-refractivity contribution in [2.24, 2.45) is 17.3 Å². The number of phenolic OH excluding ortho intramolecular Hbond substituents is 1. The number of ether oxygens (including phenoxy) is 1. The summed E-state index contributed by atoms with van der Waals surface area (Å²) in [7, 11) is 0. The van der Waals surface area contributed by atoms with Gasteiger partial charge in [0, 0.05) is 17.9 Å². The largest absolute Gasteiger partial charge is 0.508 e. The average molecular weight is 351 g/mol. The van der Waals surface area contributed by atoms with Crippen molar-refractivity contribution in [2.75, 3.05) is 6.61 Å². The molecule has 132 valence electrons. The summed E-state index contributed by atoms with van der Waals surface area (Å²) in [5.41, 5.74) is 2.43. The molecule has 4 heteroatoms. The van der Waals surface area contributed by atoms with Gasteiger partial charge >= 0.3 is 0 Å². The lowest BCUT2D eigenvalue weighted by molar-refractivity contribution is -0.102. The number of hydrogen-bond donors (Lipinski definition) is 2. The van der Waals surface area contributed by atoms with Gasteiger partial charge in [-0.15, -0.1) is 11.6 Å². The minimum atomic E-state index is -0.450. The molecule has 4 rings (SSSR count). The van der Waals surface area contributed by atoms with E-state index in [-0.39, 0.29) is 16.9 Å². The van der Waals surface area contributed by atoms with E-state index >= 15 is 0 Å². The summed E-state index contributed by atoms with van der Waals surface area (Å²) in [6, 6.07) is 5.79. The highest BCUT2D eigenvalue weighted by atomic mass is 35.5. The quantitative estimate of drug-likeness (QED) is 0.797. The molecular weight excluding hydrogens is 324 g/mol. The molecule has 2 N–H and O–H groups in total. The molecule has 0 saturated heterocycles. The molecule has 1 aromatic carbocycles. The van der Waals surface area contributed by atoms with E-state index in [0.29, 0.717) is 30.1 Å². The summed E-state index contributed by atoms with van der Waals surface area (Å²) in [4.78, 5) is 0. The Bertz CT molecular complexity index is 633. The zero-order chi connectivity index (χ0) is 17.1. The lowest BCUT2D eigenvalue weighted by Gasteiger charge is -2.53. The van der Waals surface area contributed by atoms with E-state index in [0.717, 1.165) is 25.7 Å². The number of halogens is 1. The highest BCUT2D eigenvalue weighted by molar-refractivity contribution is 6.21. The maximum absolute atomic E-state index is 10.7. The first kappa shape index (κ1) is 16.7. The Balaban J connectivity index is 1.77. The molecule has 3 aliphatic carbocycles. The second kappa shape index (κ2) is 5.89. The van der Waals surface area contributed by atoms with Crippen molar-refractivity contribution in [1.82, 2.24) is 0 Å². The fraction of sp³-hybridized carbons (Fsp3) is 0.700. The zero-order valence-corrected chi connectivity index (χ0v) is 15.2. The van der Waals surface area contributed by atoms with Crippen LogP contribution in [0.15, 0.2) is 18.2 Å². The molecule has 0 spiro atoms. The van der Waals surface area contributed by atoms with Crippen molar-refractivity contribution in [3.8, 4) is 5.75 Å². The van der Waals surface area contributed by atoms with Crippen LogP contribution in [0.1, 0.15) is 50.2 Å². The van der Waals surface area contributed by atoms with Crippen LogP contribution in [-0.2, 0) is 11.2 Å². The molecule has 0 aliphatic heterocycles. The van der Waals surface area contributed by atoms with E-state index in [2.05, 4.69) is 13.0 Å². The summed E-state index contributed by atoms with van der Waals surface area (Å²) in [6.07, 6.45) is 3.49. The van der Waals surface area contributed by atoms with Gasteiger partial charge in [-0.25, -0.2) is 0 Å². The molecule has 2 saturated carbocycles. The number of rotatable bonds is 2. The predicted molar refractivity (Wildman–Crippen MR) is 94.6 cm³/mol.